The molecule has 0 spiro atoms. The van der Waals surface area contributed by atoms with E-state index in [1.807, 2.05) is 0 Å². The SMILES string of the molecule is COCCOCN(C(=O)OC(C)(C)C)C1=N[C@]2(C)c3cc([N+](=O)[O-])ccc3CCC[C@H]2S(=O)(=O)N1C. The third kappa shape index (κ3) is 5.47. The first-order chi connectivity index (χ1) is 16.7. The average molecular weight is 527 g/mol. The topological polar surface area (TPSA) is 141 Å². The van der Waals surface area contributed by atoms with E-state index in [4.69, 9.17) is 19.2 Å². The van der Waals surface area contributed by atoms with E-state index in [1.54, 1.807) is 33.8 Å². The molecular weight excluding hydrogens is 492 g/mol. The predicted octanol–water partition coefficient (Wildman–Crippen LogP) is 3.00. The van der Waals surface area contributed by atoms with E-state index in [0.717, 1.165) is 14.8 Å². The normalized spacial score (nSPS) is 23.1. The van der Waals surface area contributed by atoms with Crippen molar-refractivity contribution < 1.29 is 32.3 Å². The maximum absolute atomic E-state index is 13.8. The van der Waals surface area contributed by atoms with Gasteiger partial charge in [-0.05, 0) is 58.1 Å². The van der Waals surface area contributed by atoms with Crippen molar-refractivity contribution >= 4 is 27.8 Å². The fraction of sp³-hybridized carbons (Fsp3) is 0.652. The number of guanidine groups is 1. The van der Waals surface area contributed by atoms with E-state index in [1.165, 1.54) is 26.3 Å². The number of benzene rings is 1. The van der Waals surface area contributed by atoms with Crippen molar-refractivity contribution in [2.75, 3.05) is 34.1 Å². The van der Waals surface area contributed by atoms with Gasteiger partial charge in [0.1, 0.15) is 23.1 Å². The standard InChI is InChI=1S/C23H34N4O8S/c1-22(2,3)35-21(28)26(15-34-13-12-33-6)20-24-23(4)18-14-17(27(29)30)11-10-16(18)8-7-9-19(23)36(31,32)25(20)5/h10-11,14,19H,7-9,12-13,15H2,1-6H3/t19-,23-/m1/s1. The van der Waals surface area contributed by atoms with Gasteiger partial charge in [0.25, 0.3) is 5.69 Å². The summed E-state index contributed by atoms with van der Waals surface area (Å²) in [5.41, 5.74) is -1.16. The highest BCUT2D eigenvalue weighted by molar-refractivity contribution is 7.90. The van der Waals surface area contributed by atoms with Gasteiger partial charge in [-0.25, -0.2) is 27.4 Å². The van der Waals surface area contributed by atoms with Crippen molar-refractivity contribution in [2.24, 2.45) is 4.99 Å². The highest BCUT2D eigenvalue weighted by Crippen LogP contribution is 2.45. The van der Waals surface area contributed by atoms with Crippen LogP contribution in [0.2, 0.25) is 0 Å². The molecule has 1 aliphatic heterocycles. The van der Waals surface area contributed by atoms with Gasteiger partial charge in [-0.1, -0.05) is 6.07 Å². The van der Waals surface area contributed by atoms with Crippen LogP contribution in [0.15, 0.2) is 23.2 Å². The van der Waals surface area contributed by atoms with Crippen molar-refractivity contribution in [3.05, 3.63) is 39.4 Å². The molecule has 0 radical (unpaired) electrons. The Kier molecular flexibility index (Phi) is 7.96. The van der Waals surface area contributed by atoms with E-state index >= 15 is 0 Å². The molecule has 13 heteroatoms. The summed E-state index contributed by atoms with van der Waals surface area (Å²) in [6, 6.07) is 4.45. The average Bonchev–Trinajstić information content (AvgIpc) is 2.92. The minimum Gasteiger partial charge on any atom is -0.443 e. The van der Waals surface area contributed by atoms with Crippen molar-refractivity contribution in [3.8, 4) is 0 Å². The first-order valence-corrected chi connectivity index (χ1v) is 13.2. The zero-order chi connectivity index (χ0) is 26.9. The molecule has 2 aliphatic rings. The maximum atomic E-state index is 13.8. The number of nitrogens with zero attached hydrogens (tertiary/aromatic N) is 4. The van der Waals surface area contributed by atoms with Crippen LogP contribution in [-0.4, -0.2) is 79.6 Å². The van der Waals surface area contributed by atoms with Gasteiger partial charge in [0, 0.05) is 26.3 Å². The lowest BCUT2D eigenvalue weighted by atomic mass is 9.86. The van der Waals surface area contributed by atoms with Crippen LogP contribution in [0.1, 0.15) is 51.7 Å². The van der Waals surface area contributed by atoms with Crippen LogP contribution in [0.25, 0.3) is 0 Å². The molecule has 0 saturated heterocycles. The maximum Gasteiger partial charge on any atom is 0.419 e. The Labute approximate surface area is 211 Å². The molecule has 1 amide bonds. The lowest BCUT2D eigenvalue weighted by Crippen LogP contribution is -2.59. The van der Waals surface area contributed by atoms with Crippen LogP contribution >= 0.6 is 0 Å². The number of hydrogen-bond donors (Lipinski definition) is 0. The molecule has 0 bridgehead atoms. The molecule has 1 heterocycles. The third-order valence-corrected chi connectivity index (χ3v) is 8.59. The molecular formula is C23H34N4O8S. The Morgan fingerprint density at radius 3 is 2.64 bits per heavy atom. The van der Waals surface area contributed by atoms with Crippen LogP contribution in [0.4, 0.5) is 10.5 Å². The Morgan fingerprint density at radius 1 is 1.33 bits per heavy atom. The lowest BCUT2D eigenvalue weighted by molar-refractivity contribution is -0.385. The molecule has 36 heavy (non-hydrogen) atoms. The van der Waals surface area contributed by atoms with Gasteiger partial charge >= 0.3 is 6.09 Å². The van der Waals surface area contributed by atoms with Gasteiger partial charge in [0.05, 0.1) is 18.1 Å². The second-order valence-electron chi connectivity index (χ2n) is 9.99. The molecule has 3 rings (SSSR count). The van der Waals surface area contributed by atoms with E-state index in [2.05, 4.69) is 0 Å². The van der Waals surface area contributed by atoms with Crippen LogP contribution in [0.5, 0.6) is 0 Å². The molecule has 0 fully saturated rings. The van der Waals surface area contributed by atoms with Crippen LogP contribution in [-0.2, 0) is 36.2 Å². The molecule has 12 nitrogen and oxygen atoms in total. The number of nitro benzene ring substituents is 1. The minimum absolute atomic E-state index is 0.147. The number of rotatable bonds is 6. The molecule has 0 aromatic heterocycles. The number of hydrogen-bond acceptors (Lipinski definition) is 9. The Morgan fingerprint density at radius 2 is 2.03 bits per heavy atom. The third-order valence-electron chi connectivity index (χ3n) is 6.25. The lowest BCUT2D eigenvalue weighted by Gasteiger charge is -2.44. The fourth-order valence-corrected chi connectivity index (χ4v) is 6.46. The zero-order valence-corrected chi connectivity index (χ0v) is 22.3. The van der Waals surface area contributed by atoms with E-state index in [-0.39, 0.29) is 31.6 Å². The molecule has 0 saturated carbocycles. The Balaban J connectivity index is 2.19. The van der Waals surface area contributed by atoms with E-state index in [9.17, 15) is 23.3 Å². The number of carbonyl (C=O) groups is 1. The second kappa shape index (κ2) is 10.3. The largest absolute Gasteiger partial charge is 0.443 e. The summed E-state index contributed by atoms with van der Waals surface area (Å²) in [7, 11) is -1.19. The number of nitro groups is 1. The molecule has 1 aromatic carbocycles. The number of aliphatic imine (C=N–C) groups is 1. The van der Waals surface area contributed by atoms with Gasteiger partial charge in [0.15, 0.2) is 0 Å². The predicted molar refractivity (Wildman–Crippen MR) is 132 cm³/mol. The highest BCUT2D eigenvalue weighted by atomic mass is 32.2. The minimum atomic E-state index is -4.02. The smallest absolute Gasteiger partial charge is 0.419 e. The summed E-state index contributed by atoms with van der Waals surface area (Å²) >= 11 is 0. The molecule has 200 valence electrons. The summed E-state index contributed by atoms with van der Waals surface area (Å²) in [6.07, 6.45) is 0.591. The second-order valence-corrected chi connectivity index (χ2v) is 12.1. The molecule has 2 atom stereocenters. The molecule has 1 aliphatic carbocycles. The summed E-state index contributed by atoms with van der Waals surface area (Å²) in [4.78, 5) is 30.1. The number of fused-ring (bicyclic) bond motifs is 3. The van der Waals surface area contributed by atoms with Crippen molar-refractivity contribution in [2.45, 2.75) is 63.3 Å². The summed E-state index contributed by atoms with van der Waals surface area (Å²) < 4.78 is 44.7. The number of non-ortho nitro benzene ring substituents is 1. The molecule has 1 aromatic rings. The monoisotopic (exact) mass is 526 g/mol. The summed E-state index contributed by atoms with van der Waals surface area (Å²) in [5.74, 6) is -0.181. The number of sulfonamides is 1. The van der Waals surface area contributed by atoms with Crippen molar-refractivity contribution in [1.82, 2.24) is 9.21 Å². The Hall–Kier alpha value is -2.77. The van der Waals surface area contributed by atoms with Gasteiger partial charge in [0.2, 0.25) is 16.0 Å². The quantitative estimate of drug-likeness (QED) is 0.238. The van der Waals surface area contributed by atoms with Gasteiger partial charge < -0.3 is 14.2 Å². The first kappa shape index (κ1) is 27.8. The van der Waals surface area contributed by atoms with Crippen molar-refractivity contribution in [3.63, 3.8) is 0 Å². The number of aryl methyl sites for hydroxylation is 1. The summed E-state index contributed by atoms with van der Waals surface area (Å²) in [6.45, 7) is 6.80. The zero-order valence-electron chi connectivity index (χ0n) is 21.5. The molecule has 0 N–H and O–H groups in total. The number of carbonyl (C=O) groups excluding carboxylic acids is 1. The van der Waals surface area contributed by atoms with Crippen LogP contribution in [0.3, 0.4) is 0 Å². The number of methoxy groups -OCH3 is 1. The van der Waals surface area contributed by atoms with Crippen LogP contribution < -0.4 is 0 Å². The van der Waals surface area contributed by atoms with Crippen LogP contribution in [0, 0.1) is 10.1 Å². The molecule has 0 unspecified atom stereocenters. The van der Waals surface area contributed by atoms with Gasteiger partial charge in [-0.2, -0.15) is 0 Å². The first-order valence-electron chi connectivity index (χ1n) is 11.6. The van der Waals surface area contributed by atoms with Gasteiger partial charge in [-0.3, -0.25) is 10.1 Å². The van der Waals surface area contributed by atoms with Gasteiger partial charge in [-0.15, -0.1) is 0 Å². The number of amides is 1. The van der Waals surface area contributed by atoms with Crippen molar-refractivity contribution in [1.29, 1.82) is 0 Å². The van der Waals surface area contributed by atoms with E-state index < -0.39 is 37.4 Å². The fourth-order valence-electron chi connectivity index (χ4n) is 4.49. The highest BCUT2D eigenvalue weighted by Gasteiger charge is 2.54. The summed E-state index contributed by atoms with van der Waals surface area (Å²) in [5, 5.41) is 10.6. The number of ether oxygens (including phenoxy) is 3. The van der Waals surface area contributed by atoms with E-state index in [0.29, 0.717) is 24.8 Å². The Bertz CT molecular complexity index is 1150.